The predicted octanol–water partition coefficient (Wildman–Crippen LogP) is 3.72. The van der Waals surface area contributed by atoms with Crippen molar-refractivity contribution in [3.05, 3.63) is 53.9 Å². The highest BCUT2D eigenvalue weighted by Gasteiger charge is 2.07. The van der Waals surface area contributed by atoms with Crippen molar-refractivity contribution >= 4 is 11.3 Å². The van der Waals surface area contributed by atoms with Gasteiger partial charge in [-0.1, -0.05) is 0 Å². The standard InChI is InChI=1S/C14H9FN2OS/c15-11-5-10(6-16-7-11)13-8-19-14(17-13)9-1-3-12(18)4-2-9/h1-8,18H. The molecule has 0 amide bonds. The summed E-state index contributed by atoms with van der Waals surface area (Å²) in [4.78, 5) is 8.26. The number of hydrogen-bond acceptors (Lipinski definition) is 4. The molecule has 5 heteroatoms. The van der Waals surface area contributed by atoms with E-state index in [0.29, 0.717) is 11.3 Å². The van der Waals surface area contributed by atoms with E-state index in [1.807, 2.05) is 5.38 Å². The molecule has 0 aliphatic carbocycles. The van der Waals surface area contributed by atoms with Crippen molar-refractivity contribution in [3.8, 4) is 27.6 Å². The largest absolute Gasteiger partial charge is 0.508 e. The number of thiazole rings is 1. The molecule has 3 rings (SSSR count). The third-order valence-electron chi connectivity index (χ3n) is 2.62. The first-order valence-electron chi connectivity index (χ1n) is 5.58. The van der Waals surface area contributed by atoms with E-state index in [-0.39, 0.29) is 11.6 Å². The van der Waals surface area contributed by atoms with Crippen LogP contribution in [-0.2, 0) is 0 Å². The number of aromatic hydroxyl groups is 1. The topological polar surface area (TPSA) is 46.0 Å². The Bertz CT molecular complexity index is 709. The summed E-state index contributed by atoms with van der Waals surface area (Å²) < 4.78 is 13.1. The maximum atomic E-state index is 13.1. The first kappa shape index (κ1) is 11.8. The highest BCUT2D eigenvalue weighted by atomic mass is 32.1. The first-order chi connectivity index (χ1) is 9.22. The third-order valence-corrected chi connectivity index (χ3v) is 3.51. The van der Waals surface area contributed by atoms with Gasteiger partial charge < -0.3 is 5.11 Å². The molecule has 3 aromatic rings. The summed E-state index contributed by atoms with van der Waals surface area (Å²) in [6.45, 7) is 0. The zero-order valence-electron chi connectivity index (χ0n) is 9.75. The Morgan fingerprint density at radius 1 is 1.05 bits per heavy atom. The molecule has 0 fully saturated rings. The highest BCUT2D eigenvalue weighted by molar-refractivity contribution is 7.13. The van der Waals surface area contributed by atoms with E-state index in [9.17, 15) is 9.50 Å². The molecule has 2 aromatic heterocycles. The van der Waals surface area contributed by atoms with Crippen molar-refractivity contribution in [1.82, 2.24) is 9.97 Å². The summed E-state index contributed by atoms with van der Waals surface area (Å²) in [5.41, 5.74) is 2.26. The van der Waals surface area contributed by atoms with Crippen LogP contribution in [0.5, 0.6) is 5.75 Å². The van der Waals surface area contributed by atoms with Crippen LogP contribution in [0.3, 0.4) is 0 Å². The van der Waals surface area contributed by atoms with Gasteiger partial charge in [-0.05, 0) is 30.3 Å². The average Bonchev–Trinajstić information content (AvgIpc) is 2.89. The van der Waals surface area contributed by atoms with Gasteiger partial charge in [0.05, 0.1) is 11.9 Å². The normalized spacial score (nSPS) is 10.6. The van der Waals surface area contributed by atoms with E-state index in [4.69, 9.17) is 0 Å². The van der Waals surface area contributed by atoms with Crippen LogP contribution in [0.15, 0.2) is 48.1 Å². The summed E-state index contributed by atoms with van der Waals surface area (Å²) in [5, 5.41) is 11.9. The Balaban J connectivity index is 1.97. The number of rotatable bonds is 2. The number of benzene rings is 1. The lowest BCUT2D eigenvalue weighted by atomic mass is 10.2. The fraction of sp³-hybridized carbons (Fsp3) is 0. The lowest BCUT2D eigenvalue weighted by molar-refractivity contribution is 0.475. The van der Waals surface area contributed by atoms with Gasteiger partial charge >= 0.3 is 0 Å². The van der Waals surface area contributed by atoms with Crippen LogP contribution in [-0.4, -0.2) is 15.1 Å². The Hall–Kier alpha value is -2.27. The van der Waals surface area contributed by atoms with Crippen molar-refractivity contribution in [3.63, 3.8) is 0 Å². The third kappa shape index (κ3) is 2.46. The second-order valence-electron chi connectivity index (χ2n) is 3.98. The highest BCUT2D eigenvalue weighted by Crippen LogP contribution is 2.29. The van der Waals surface area contributed by atoms with Crippen LogP contribution < -0.4 is 0 Å². The number of pyridine rings is 1. The van der Waals surface area contributed by atoms with Crippen LogP contribution in [0.1, 0.15) is 0 Å². The lowest BCUT2D eigenvalue weighted by Crippen LogP contribution is -1.83. The molecule has 94 valence electrons. The number of phenols is 1. The van der Waals surface area contributed by atoms with Gasteiger partial charge in [0.2, 0.25) is 0 Å². The van der Waals surface area contributed by atoms with E-state index in [1.165, 1.54) is 17.4 Å². The minimum Gasteiger partial charge on any atom is -0.508 e. The molecule has 2 heterocycles. The van der Waals surface area contributed by atoms with Gasteiger partial charge in [-0.25, -0.2) is 9.37 Å². The van der Waals surface area contributed by atoms with Gasteiger partial charge in [-0.2, -0.15) is 0 Å². The van der Waals surface area contributed by atoms with Crippen LogP contribution in [0, 0.1) is 5.82 Å². The molecule has 0 aliphatic heterocycles. The molecular formula is C14H9FN2OS. The smallest absolute Gasteiger partial charge is 0.142 e. The summed E-state index contributed by atoms with van der Waals surface area (Å²) >= 11 is 1.47. The molecule has 0 atom stereocenters. The van der Waals surface area contributed by atoms with Crippen molar-refractivity contribution in [1.29, 1.82) is 0 Å². The summed E-state index contributed by atoms with van der Waals surface area (Å²) in [7, 11) is 0. The second-order valence-corrected chi connectivity index (χ2v) is 4.83. The number of aromatic nitrogens is 2. The maximum absolute atomic E-state index is 13.1. The molecule has 3 nitrogen and oxygen atoms in total. The zero-order valence-corrected chi connectivity index (χ0v) is 10.6. The van der Waals surface area contributed by atoms with Gasteiger partial charge in [0.15, 0.2) is 0 Å². The number of nitrogens with zero attached hydrogens (tertiary/aromatic N) is 2. The van der Waals surface area contributed by atoms with E-state index in [0.717, 1.165) is 16.8 Å². The molecule has 0 unspecified atom stereocenters. The fourth-order valence-electron chi connectivity index (χ4n) is 1.69. The Morgan fingerprint density at radius 2 is 1.84 bits per heavy atom. The molecule has 0 saturated heterocycles. The molecule has 19 heavy (non-hydrogen) atoms. The van der Waals surface area contributed by atoms with Crippen LogP contribution in [0.25, 0.3) is 21.8 Å². The van der Waals surface area contributed by atoms with Gasteiger partial charge in [0, 0.05) is 22.7 Å². The van der Waals surface area contributed by atoms with E-state index < -0.39 is 0 Å². The van der Waals surface area contributed by atoms with Crippen LogP contribution >= 0.6 is 11.3 Å². The number of halogens is 1. The molecule has 0 saturated carbocycles. The van der Waals surface area contributed by atoms with Gasteiger partial charge in [0.25, 0.3) is 0 Å². The monoisotopic (exact) mass is 272 g/mol. The van der Waals surface area contributed by atoms with E-state index in [2.05, 4.69) is 9.97 Å². The molecule has 0 aliphatic rings. The van der Waals surface area contributed by atoms with Gasteiger partial charge in [0.1, 0.15) is 16.6 Å². The SMILES string of the molecule is Oc1ccc(-c2nc(-c3cncc(F)c3)cs2)cc1. The Kier molecular flexibility index (Phi) is 2.97. The summed E-state index contributed by atoms with van der Waals surface area (Å²) in [6, 6.07) is 8.21. The van der Waals surface area contributed by atoms with Crippen molar-refractivity contribution < 1.29 is 9.50 Å². The lowest BCUT2D eigenvalue weighted by Gasteiger charge is -1.97. The van der Waals surface area contributed by atoms with E-state index in [1.54, 1.807) is 30.5 Å². The maximum Gasteiger partial charge on any atom is 0.142 e. The van der Waals surface area contributed by atoms with Crippen molar-refractivity contribution in [2.24, 2.45) is 0 Å². The Labute approximate surface area is 113 Å². The summed E-state index contributed by atoms with van der Waals surface area (Å²) in [6.07, 6.45) is 2.75. The predicted molar refractivity (Wildman–Crippen MR) is 72.4 cm³/mol. The number of phenolic OH excluding ortho intramolecular Hbond substituents is 1. The number of hydrogen-bond donors (Lipinski definition) is 1. The van der Waals surface area contributed by atoms with Gasteiger partial charge in [-0.3, -0.25) is 4.98 Å². The average molecular weight is 272 g/mol. The van der Waals surface area contributed by atoms with Crippen molar-refractivity contribution in [2.75, 3.05) is 0 Å². The molecular weight excluding hydrogens is 263 g/mol. The minimum absolute atomic E-state index is 0.217. The van der Waals surface area contributed by atoms with Crippen molar-refractivity contribution in [2.45, 2.75) is 0 Å². The molecule has 1 aromatic carbocycles. The minimum atomic E-state index is -0.378. The molecule has 0 radical (unpaired) electrons. The molecule has 0 spiro atoms. The second kappa shape index (κ2) is 4.78. The zero-order chi connectivity index (χ0) is 13.2. The Morgan fingerprint density at radius 3 is 2.58 bits per heavy atom. The molecule has 1 N–H and O–H groups in total. The van der Waals surface area contributed by atoms with Gasteiger partial charge in [-0.15, -0.1) is 11.3 Å². The van der Waals surface area contributed by atoms with Crippen LogP contribution in [0.4, 0.5) is 4.39 Å². The fourth-order valence-corrected chi connectivity index (χ4v) is 2.53. The quantitative estimate of drug-likeness (QED) is 0.773. The van der Waals surface area contributed by atoms with E-state index >= 15 is 0 Å². The van der Waals surface area contributed by atoms with Crippen LogP contribution in [0.2, 0.25) is 0 Å². The summed E-state index contributed by atoms with van der Waals surface area (Å²) in [5.74, 6) is -0.161. The molecule has 0 bridgehead atoms. The first-order valence-corrected chi connectivity index (χ1v) is 6.46.